The SMILES string of the molecule is C[C@]1(C(=O)[C@H](Cc2ccccc2)NC(=O)[C@H](COC(F)F)NC(=O)[C@H](COC(F)F)NC(=O)c2ccccn2)CO1. The van der Waals surface area contributed by atoms with Crippen LogP contribution >= 0.6 is 0 Å². The molecule has 2 aromatic rings. The maximum atomic E-state index is 13.2. The third-order valence-electron chi connectivity index (χ3n) is 5.94. The highest BCUT2D eigenvalue weighted by molar-refractivity contribution is 5.99. The number of hydrogen-bond donors (Lipinski definition) is 3. The summed E-state index contributed by atoms with van der Waals surface area (Å²) in [4.78, 5) is 55.5. The van der Waals surface area contributed by atoms with E-state index in [4.69, 9.17) is 4.74 Å². The number of hydrogen-bond acceptors (Lipinski definition) is 8. The predicted molar refractivity (Wildman–Crippen MR) is 133 cm³/mol. The van der Waals surface area contributed by atoms with Gasteiger partial charge in [-0.15, -0.1) is 0 Å². The molecule has 1 aliphatic heterocycles. The number of amides is 3. The van der Waals surface area contributed by atoms with Gasteiger partial charge in [0.1, 0.15) is 23.4 Å². The molecule has 222 valence electrons. The number of alkyl halides is 4. The van der Waals surface area contributed by atoms with Gasteiger partial charge in [-0.3, -0.25) is 24.2 Å². The fourth-order valence-corrected chi connectivity index (χ4v) is 3.66. The molecule has 0 unspecified atom stereocenters. The van der Waals surface area contributed by atoms with Crippen LogP contribution in [0.5, 0.6) is 0 Å². The van der Waals surface area contributed by atoms with E-state index in [1.165, 1.54) is 31.3 Å². The zero-order valence-corrected chi connectivity index (χ0v) is 21.7. The van der Waals surface area contributed by atoms with Gasteiger partial charge in [-0.05, 0) is 31.0 Å². The molecule has 1 aromatic heterocycles. The summed E-state index contributed by atoms with van der Waals surface area (Å²) in [5.41, 5.74) is -0.643. The summed E-state index contributed by atoms with van der Waals surface area (Å²) in [5, 5.41) is 6.70. The standard InChI is InChI=1S/C26H28F4N4O7/c1-26(14-41-26)20(35)17(11-15-7-3-2-4-8-15)32-22(37)18(12-39-24(27)28)34-23(38)19(13-40-25(29)30)33-21(36)16-9-5-6-10-31-16/h2-10,17-19,24-25H,11-14H2,1H3,(H,32,37)(H,33,36)(H,34,38)/t17-,18-,19-,26+/m0/s1. The summed E-state index contributed by atoms with van der Waals surface area (Å²) in [6, 6.07) is 8.08. The lowest BCUT2D eigenvalue weighted by Gasteiger charge is -2.25. The van der Waals surface area contributed by atoms with Crippen molar-refractivity contribution in [1.29, 1.82) is 0 Å². The number of nitrogens with one attached hydrogen (secondary N) is 3. The van der Waals surface area contributed by atoms with E-state index in [1.54, 1.807) is 30.3 Å². The normalized spacial score (nSPS) is 18.3. The number of aromatic nitrogens is 1. The Morgan fingerprint density at radius 2 is 1.39 bits per heavy atom. The van der Waals surface area contributed by atoms with E-state index in [9.17, 15) is 36.7 Å². The summed E-state index contributed by atoms with van der Waals surface area (Å²) in [6.45, 7) is -7.08. The van der Waals surface area contributed by atoms with Crippen molar-refractivity contribution in [3.63, 3.8) is 0 Å². The second kappa shape index (κ2) is 14.6. The predicted octanol–water partition coefficient (Wildman–Crippen LogP) is 1.23. The van der Waals surface area contributed by atoms with Crippen molar-refractivity contribution in [2.75, 3.05) is 19.8 Å². The summed E-state index contributed by atoms with van der Waals surface area (Å²) >= 11 is 0. The number of ketones is 1. The number of carbonyl (C=O) groups excluding carboxylic acids is 4. The molecule has 1 saturated heterocycles. The van der Waals surface area contributed by atoms with Gasteiger partial charge in [0, 0.05) is 6.20 Å². The van der Waals surface area contributed by atoms with Crippen LogP contribution in [0.2, 0.25) is 0 Å². The van der Waals surface area contributed by atoms with Gasteiger partial charge in [-0.25, -0.2) is 0 Å². The third kappa shape index (κ3) is 9.88. The molecular formula is C26H28F4N4O7. The number of benzene rings is 1. The molecule has 1 aromatic carbocycles. The van der Waals surface area contributed by atoms with Gasteiger partial charge in [0.15, 0.2) is 5.78 Å². The van der Waals surface area contributed by atoms with Crippen LogP contribution in [0.25, 0.3) is 0 Å². The van der Waals surface area contributed by atoms with Gasteiger partial charge in [-0.2, -0.15) is 17.6 Å². The molecule has 2 heterocycles. The lowest BCUT2D eigenvalue weighted by molar-refractivity contribution is -0.152. The highest BCUT2D eigenvalue weighted by Crippen LogP contribution is 2.29. The molecular weight excluding hydrogens is 556 g/mol. The third-order valence-corrected chi connectivity index (χ3v) is 5.94. The molecule has 3 amide bonds. The number of rotatable bonds is 16. The average Bonchev–Trinajstić information content (AvgIpc) is 3.71. The molecule has 15 heteroatoms. The smallest absolute Gasteiger partial charge is 0.345 e. The molecule has 1 aliphatic rings. The number of nitrogens with zero attached hydrogens (tertiary/aromatic N) is 1. The second-order valence-corrected chi connectivity index (χ2v) is 9.12. The lowest BCUT2D eigenvalue weighted by Crippen LogP contribution is -2.59. The number of ether oxygens (including phenoxy) is 3. The van der Waals surface area contributed by atoms with Crippen LogP contribution < -0.4 is 16.0 Å². The Bertz CT molecular complexity index is 1190. The molecule has 4 atom stereocenters. The minimum absolute atomic E-state index is 0.0196. The Kier molecular flexibility index (Phi) is 11.3. The van der Waals surface area contributed by atoms with E-state index in [2.05, 4.69) is 30.4 Å². The summed E-state index contributed by atoms with van der Waals surface area (Å²) < 4.78 is 64.8. The Labute approximate surface area is 231 Å². The second-order valence-electron chi connectivity index (χ2n) is 9.12. The summed E-state index contributed by atoms with van der Waals surface area (Å²) in [6.07, 6.45) is 1.30. The molecule has 0 saturated carbocycles. The van der Waals surface area contributed by atoms with Crippen LogP contribution in [0, 0.1) is 0 Å². The highest BCUT2D eigenvalue weighted by Gasteiger charge is 2.50. The minimum Gasteiger partial charge on any atom is -0.361 e. The molecule has 41 heavy (non-hydrogen) atoms. The van der Waals surface area contributed by atoms with E-state index in [1.807, 2.05) is 0 Å². The molecule has 3 rings (SSSR count). The van der Waals surface area contributed by atoms with Crippen molar-refractivity contribution < 1.29 is 51.0 Å². The first-order valence-corrected chi connectivity index (χ1v) is 12.3. The molecule has 0 aliphatic carbocycles. The van der Waals surface area contributed by atoms with Crippen LogP contribution in [-0.4, -0.2) is 85.3 Å². The largest absolute Gasteiger partial charge is 0.361 e. The number of halogens is 4. The summed E-state index contributed by atoms with van der Waals surface area (Å²) in [7, 11) is 0. The number of pyridine rings is 1. The van der Waals surface area contributed by atoms with Crippen LogP contribution in [0.3, 0.4) is 0 Å². The maximum absolute atomic E-state index is 13.2. The maximum Gasteiger partial charge on any atom is 0.345 e. The Morgan fingerprint density at radius 3 is 1.90 bits per heavy atom. The van der Waals surface area contributed by atoms with E-state index in [0.717, 1.165) is 0 Å². The van der Waals surface area contributed by atoms with Crippen molar-refractivity contribution in [2.45, 2.75) is 50.3 Å². The van der Waals surface area contributed by atoms with Gasteiger partial charge >= 0.3 is 13.2 Å². The Hall–Kier alpha value is -3.95. The van der Waals surface area contributed by atoms with Gasteiger partial charge in [0.05, 0.1) is 25.9 Å². The molecule has 11 nitrogen and oxygen atoms in total. The van der Waals surface area contributed by atoms with Crippen LogP contribution in [0.1, 0.15) is 23.0 Å². The molecule has 0 bridgehead atoms. The van der Waals surface area contributed by atoms with Gasteiger partial charge < -0.3 is 30.2 Å². The molecule has 0 radical (unpaired) electrons. The fraction of sp³-hybridized carbons (Fsp3) is 0.423. The van der Waals surface area contributed by atoms with E-state index in [0.29, 0.717) is 5.56 Å². The number of epoxide rings is 1. The Morgan fingerprint density at radius 1 is 0.854 bits per heavy atom. The highest BCUT2D eigenvalue weighted by atomic mass is 19.3. The topological polar surface area (TPSA) is 148 Å². The minimum atomic E-state index is -3.33. The average molecular weight is 585 g/mol. The van der Waals surface area contributed by atoms with Crippen molar-refractivity contribution in [2.24, 2.45) is 0 Å². The van der Waals surface area contributed by atoms with Gasteiger partial charge in [0.2, 0.25) is 11.8 Å². The van der Waals surface area contributed by atoms with Crippen LogP contribution in [0.4, 0.5) is 17.6 Å². The first-order chi connectivity index (χ1) is 19.5. The monoisotopic (exact) mass is 584 g/mol. The van der Waals surface area contributed by atoms with E-state index >= 15 is 0 Å². The van der Waals surface area contributed by atoms with Crippen molar-refractivity contribution in [1.82, 2.24) is 20.9 Å². The van der Waals surface area contributed by atoms with E-state index in [-0.39, 0.29) is 18.7 Å². The molecule has 3 N–H and O–H groups in total. The Balaban J connectivity index is 1.77. The first kappa shape index (κ1) is 31.6. The molecule has 1 fully saturated rings. The van der Waals surface area contributed by atoms with E-state index < -0.39 is 73.7 Å². The number of carbonyl (C=O) groups is 4. The lowest BCUT2D eigenvalue weighted by atomic mass is 9.94. The van der Waals surface area contributed by atoms with Crippen molar-refractivity contribution in [3.8, 4) is 0 Å². The van der Waals surface area contributed by atoms with Crippen LogP contribution in [-0.2, 0) is 35.0 Å². The molecule has 0 spiro atoms. The van der Waals surface area contributed by atoms with Crippen molar-refractivity contribution >= 4 is 23.5 Å². The fourth-order valence-electron chi connectivity index (χ4n) is 3.66. The zero-order valence-electron chi connectivity index (χ0n) is 21.7. The van der Waals surface area contributed by atoms with Gasteiger partial charge in [-0.1, -0.05) is 36.4 Å². The number of Topliss-reactive ketones (excluding diaryl/α,β-unsaturated/α-hetero) is 1. The van der Waals surface area contributed by atoms with Gasteiger partial charge in [0.25, 0.3) is 5.91 Å². The zero-order chi connectivity index (χ0) is 30.0. The summed E-state index contributed by atoms with van der Waals surface area (Å²) in [5.74, 6) is -3.72. The van der Waals surface area contributed by atoms with Crippen LogP contribution in [0.15, 0.2) is 54.7 Å². The quantitative estimate of drug-likeness (QED) is 0.197. The van der Waals surface area contributed by atoms with Crippen molar-refractivity contribution in [3.05, 3.63) is 66.0 Å². The first-order valence-electron chi connectivity index (χ1n) is 12.3.